The molecular formula is C14H15FN2O2. The summed E-state index contributed by atoms with van der Waals surface area (Å²) in [4.78, 5) is 25.6. The van der Waals surface area contributed by atoms with E-state index in [1.807, 2.05) is 4.90 Å². The van der Waals surface area contributed by atoms with Crippen LogP contribution in [0.25, 0.3) is 0 Å². The van der Waals surface area contributed by atoms with Crippen molar-refractivity contribution in [1.29, 1.82) is 0 Å². The molecular weight excluding hydrogens is 247 g/mol. The minimum atomic E-state index is -0.339. The smallest absolute Gasteiger partial charge is 0.229 e. The van der Waals surface area contributed by atoms with Crippen LogP contribution in [-0.2, 0) is 9.59 Å². The Bertz CT molecular complexity index is 511. The molecule has 2 aliphatic rings. The molecule has 0 unspecified atom stereocenters. The van der Waals surface area contributed by atoms with Crippen molar-refractivity contribution >= 4 is 17.5 Å². The number of likely N-dealkylation sites (tertiary alicyclic amines) is 1. The van der Waals surface area contributed by atoms with Crippen molar-refractivity contribution in [3.8, 4) is 0 Å². The molecule has 2 amide bonds. The summed E-state index contributed by atoms with van der Waals surface area (Å²) in [5.41, 5.74) is 0.559. The van der Waals surface area contributed by atoms with E-state index >= 15 is 0 Å². The number of benzene rings is 1. The second-order valence-electron chi connectivity index (χ2n) is 5.17. The fraction of sp³-hybridized carbons (Fsp3) is 0.429. The normalized spacial score (nSPS) is 22.7. The largest absolute Gasteiger partial charge is 0.339 e. The third kappa shape index (κ3) is 2.59. The molecule has 1 N–H and O–H groups in total. The van der Waals surface area contributed by atoms with E-state index in [9.17, 15) is 14.0 Å². The minimum Gasteiger partial charge on any atom is -0.339 e. The number of carbonyl (C=O) groups excluding carboxylic acids is 2. The highest BCUT2D eigenvalue weighted by atomic mass is 19.1. The van der Waals surface area contributed by atoms with Crippen LogP contribution in [0.4, 0.5) is 10.1 Å². The molecule has 19 heavy (non-hydrogen) atoms. The third-order valence-corrected chi connectivity index (χ3v) is 3.63. The van der Waals surface area contributed by atoms with E-state index in [1.165, 1.54) is 24.3 Å². The van der Waals surface area contributed by atoms with Crippen molar-refractivity contribution in [2.75, 3.05) is 11.9 Å². The maximum atomic E-state index is 12.8. The van der Waals surface area contributed by atoms with E-state index < -0.39 is 0 Å². The van der Waals surface area contributed by atoms with Crippen molar-refractivity contribution in [3.05, 3.63) is 30.1 Å². The van der Waals surface area contributed by atoms with Crippen LogP contribution < -0.4 is 5.32 Å². The summed E-state index contributed by atoms with van der Waals surface area (Å²) < 4.78 is 12.8. The average Bonchev–Trinajstić information content (AvgIpc) is 3.15. The van der Waals surface area contributed by atoms with Crippen LogP contribution in [0.3, 0.4) is 0 Å². The van der Waals surface area contributed by atoms with Crippen LogP contribution in [0.15, 0.2) is 24.3 Å². The van der Waals surface area contributed by atoms with Gasteiger partial charge in [0.05, 0.1) is 5.92 Å². The maximum Gasteiger partial charge on any atom is 0.229 e. The zero-order chi connectivity index (χ0) is 13.4. The van der Waals surface area contributed by atoms with Crippen molar-refractivity contribution in [1.82, 2.24) is 4.90 Å². The van der Waals surface area contributed by atoms with Crippen LogP contribution >= 0.6 is 0 Å². The van der Waals surface area contributed by atoms with Gasteiger partial charge in [-0.15, -0.1) is 0 Å². The number of halogens is 1. The lowest BCUT2D eigenvalue weighted by molar-refractivity contribution is -0.128. The van der Waals surface area contributed by atoms with Gasteiger partial charge in [-0.3, -0.25) is 9.59 Å². The quantitative estimate of drug-likeness (QED) is 0.902. The molecule has 1 aliphatic carbocycles. The van der Waals surface area contributed by atoms with E-state index in [4.69, 9.17) is 0 Å². The highest BCUT2D eigenvalue weighted by molar-refractivity contribution is 5.97. The number of anilines is 1. The van der Waals surface area contributed by atoms with Gasteiger partial charge in [0.2, 0.25) is 11.8 Å². The van der Waals surface area contributed by atoms with Crippen molar-refractivity contribution in [2.45, 2.75) is 25.3 Å². The van der Waals surface area contributed by atoms with E-state index in [0.717, 1.165) is 12.8 Å². The molecule has 2 fully saturated rings. The lowest BCUT2D eigenvalue weighted by Crippen LogP contribution is -2.29. The van der Waals surface area contributed by atoms with Gasteiger partial charge in [-0.05, 0) is 37.1 Å². The lowest BCUT2D eigenvalue weighted by Gasteiger charge is -2.15. The standard InChI is InChI=1S/C14H15FN2O2/c15-10-1-3-11(4-2-10)16-14(19)9-7-13(18)17(8-9)12-5-6-12/h1-4,9,12H,5-8H2,(H,16,19)/t9-/m1/s1. The van der Waals surface area contributed by atoms with Gasteiger partial charge < -0.3 is 10.2 Å². The number of amides is 2. The van der Waals surface area contributed by atoms with Gasteiger partial charge in [-0.25, -0.2) is 4.39 Å². The van der Waals surface area contributed by atoms with Crippen LogP contribution in [0.1, 0.15) is 19.3 Å². The molecule has 1 atom stereocenters. The van der Waals surface area contributed by atoms with Crippen LogP contribution in [0.5, 0.6) is 0 Å². The Morgan fingerprint density at radius 1 is 1.26 bits per heavy atom. The molecule has 100 valence electrons. The predicted octanol–water partition coefficient (Wildman–Crippen LogP) is 1.78. The number of rotatable bonds is 3. The minimum absolute atomic E-state index is 0.0711. The number of hydrogen-bond acceptors (Lipinski definition) is 2. The van der Waals surface area contributed by atoms with Crippen LogP contribution in [0.2, 0.25) is 0 Å². The second-order valence-corrected chi connectivity index (χ2v) is 5.17. The number of nitrogens with zero attached hydrogens (tertiary/aromatic N) is 1. The topological polar surface area (TPSA) is 49.4 Å². The molecule has 1 saturated carbocycles. The number of nitrogens with one attached hydrogen (secondary N) is 1. The molecule has 0 radical (unpaired) electrons. The van der Waals surface area contributed by atoms with E-state index in [2.05, 4.69) is 5.32 Å². The summed E-state index contributed by atoms with van der Waals surface area (Å²) in [7, 11) is 0. The first kappa shape index (κ1) is 12.1. The second kappa shape index (κ2) is 4.64. The summed E-state index contributed by atoms with van der Waals surface area (Å²) in [6, 6.07) is 5.99. The Balaban J connectivity index is 1.61. The van der Waals surface area contributed by atoms with Crippen molar-refractivity contribution in [3.63, 3.8) is 0 Å². The summed E-state index contributed by atoms with van der Waals surface area (Å²) in [6.45, 7) is 0.510. The summed E-state index contributed by atoms with van der Waals surface area (Å²) in [5.74, 6) is -0.725. The zero-order valence-electron chi connectivity index (χ0n) is 10.4. The van der Waals surface area contributed by atoms with Gasteiger partial charge in [0, 0.05) is 24.7 Å². The van der Waals surface area contributed by atoms with Crippen LogP contribution in [0, 0.1) is 11.7 Å². The van der Waals surface area contributed by atoms with Crippen molar-refractivity contribution in [2.24, 2.45) is 5.92 Å². The van der Waals surface area contributed by atoms with E-state index in [-0.39, 0.29) is 30.0 Å². The van der Waals surface area contributed by atoms with Gasteiger partial charge in [0.25, 0.3) is 0 Å². The lowest BCUT2D eigenvalue weighted by atomic mass is 10.1. The van der Waals surface area contributed by atoms with Gasteiger partial charge in [-0.1, -0.05) is 0 Å². The number of carbonyl (C=O) groups is 2. The molecule has 0 aromatic heterocycles. The summed E-state index contributed by atoms with van der Waals surface area (Å²) in [6.07, 6.45) is 2.39. The predicted molar refractivity (Wildman–Crippen MR) is 67.9 cm³/mol. The molecule has 0 bridgehead atoms. The molecule has 3 rings (SSSR count). The first-order valence-electron chi connectivity index (χ1n) is 6.49. The molecule has 1 aromatic rings. The Kier molecular flexibility index (Phi) is 2.97. The monoisotopic (exact) mass is 262 g/mol. The van der Waals surface area contributed by atoms with Gasteiger partial charge in [-0.2, -0.15) is 0 Å². The fourth-order valence-electron chi connectivity index (χ4n) is 2.42. The number of hydrogen-bond donors (Lipinski definition) is 1. The highest BCUT2D eigenvalue weighted by Gasteiger charge is 2.41. The Morgan fingerprint density at radius 2 is 1.95 bits per heavy atom. The first-order valence-corrected chi connectivity index (χ1v) is 6.49. The summed E-state index contributed by atoms with van der Waals surface area (Å²) in [5, 5.41) is 2.73. The Hall–Kier alpha value is -1.91. The van der Waals surface area contributed by atoms with Gasteiger partial charge >= 0.3 is 0 Å². The van der Waals surface area contributed by atoms with Crippen LogP contribution in [-0.4, -0.2) is 29.3 Å². The Labute approximate surface area is 110 Å². The summed E-state index contributed by atoms with van der Waals surface area (Å²) >= 11 is 0. The third-order valence-electron chi connectivity index (χ3n) is 3.63. The molecule has 1 aliphatic heterocycles. The zero-order valence-corrected chi connectivity index (χ0v) is 10.4. The molecule has 5 heteroatoms. The molecule has 1 saturated heterocycles. The first-order chi connectivity index (χ1) is 9.13. The SMILES string of the molecule is O=C(Nc1ccc(F)cc1)[C@@H]1CC(=O)N(C2CC2)C1. The van der Waals surface area contributed by atoms with Crippen molar-refractivity contribution < 1.29 is 14.0 Å². The maximum absolute atomic E-state index is 12.8. The van der Waals surface area contributed by atoms with E-state index in [0.29, 0.717) is 18.3 Å². The fourth-order valence-corrected chi connectivity index (χ4v) is 2.42. The molecule has 0 spiro atoms. The van der Waals surface area contributed by atoms with Gasteiger partial charge in [0.1, 0.15) is 5.82 Å². The Morgan fingerprint density at radius 3 is 2.58 bits per heavy atom. The average molecular weight is 262 g/mol. The van der Waals surface area contributed by atoms with Gasteiger partial charge in [0.15, 0.2) is 0 Å². The van der Waals surface area contributed by atoms with E-state index in [1.54, 1.807) is 0 Å². The highest BCUT2D eigenvalue weighted by Crippen LogP contribution is 2.32. The molecule has 1 heterocycles. The molecule has 1 aromatic carbocycles. The molecule has 4 nitrogen and oxygen atoms in total.